The second kappa shape index (κ2) is 8.34. The molecule has 4 aromatic rings. The van der Waals surface area contributed by atoms with E-state index in [-0.39, 0.29) is 35.4 Å². The van der Waals surface area contributed by atoms with Crippen LogP contribution in [0.15, 0.2) is 47.2 Å². The Bertz CT molecular complexity index is 1530. The third-order valence-electron chi connectivity index (χ3n) is 6.43. The number of halogens is 2. The standard InChI is InChI=1S/C26H25F2N3O3/c1-15-23(16(2)34-30-15)20-11-22-24(29-12-20)21(18-3-5-19(6-4-18)25(32)33)14-31(22)13-17-7-9-26(27,28)10-8-17/h3-6,11-12,14,17H,7-10,13H2,1-2H3,(H,32,33)/i1D3,2D3. The summed E-state index contributed by atoms with van der Waals surface area (Å²) in [5.74, 6) is -4.38. The zero-order valence-corrected chi connectivity index (χ0v) is 18.0. The van der Waals surface area contributed by atoms with Crippen molar-refractivity contribution < 1.29 is 31.4 Å². The predicted molar refractivity (Wildman–Crippen MR) is 124 cm³/mol. The summed E-state index contributed by atoms with van der Waals surface area (Å²) in [7, 11) is 0. The molecule has 1 N–H and O–H groups in total. The van der Waals surface area contributed by atoms with E-state index in [0.29, 0.717) is 41.5 Å². The number of aryl methyl sites for hydroxylation is 2. The molecule has 1 fully saturated rings. The van der Waals surface area contributed by atoms with Gasteiger partial charge >= 0.3 is 5.97 Å². The van der Waals surface area contributed by atoms with Crippen LogP contribution in [0.1, 0.15) is 55.7 Å². The van der Waals surface area contributed by atoms with E-state index in [1.165, 1.54) is 18.3 Å². The molecule has 1 aromatic carbocycles. The van der Waals surface area contributed by atoms with Crippen molar-refractivity contribution in [3.05, 3.63) is 59.7 Å². The van der Waals surface area contributed by atoms with Gasteiger partial charge in [0, 0.05) is 56.7 Å². The molecule has 34 heavy (non-hydrogen) atoms. The van der Waals surface area contributed by atoms with Crippen molar-refractivity contribution in [2.75, 3.05) is 0 Å². The molecule has 5 rings (SSSR count). The lowest BCUT2D eigenvalue weighted by atomic mass is 9.87. The molecule has 0 aliphatic heterocycles. The van der Waals surface area contributed by atoms with Gasteiger partial charge in [0.2, 0.25) is 5.92 Å². The highest BCUT2D eigenvalue weighted by molar-refractivity contribution is 5.96. The molecule has 0 bridgehead atoms. The molecular formula is C26H25F2N3O3. The SMILES string of the molecule is [2H]C([2H])([2H])c1noc(C([2H])([2H])[2H])c1-c1cnc2c(-c3ccc(C(=O)O)cc3)cn(CC3CCC(F)(F)CC3)c2c1. The minimum absolute atomic E-state index is 0.0485. The fourth-order valence-corrected chi connectivity index (χ4v) is 4.58. The maximum Gasteiger partial charge on any atom is 0.335 e. The Labute approximate surface area is 203 Å². The average Bonchev–Trinajstić information content (AvgIpc) is 3.48. The van der Waals surface area contributed by atoms with Crippen molar-refractivity contribution in [1.29, 1.82) is 0 Å². The monoisotopic (exact) mass is 471 g/mol. The molecule has 0 spiro atoms. The van der Waals surface area contributed by atoms with Crippen molar-refractivity contribution in [3.8, 4) is 22.3 Å². The lowest BCUT2D eigenvalue weighted by Gasteiger charge is -2.28. The van der Waals surface area contributed by atoms with Gasteiger partial charge in [-0.25, -0.2) is 13.6 Å². The summed E-state index contributed by atoms with van der Waals surface area (Å²) in [5.41, 5.74) is 1.93. The van der Waals surface area contributed by atoms with Gasteiger partial charge in [-0.15, -0.1) is 0 Å². The van der Waals surface area contributed by atoms with Gasteiger partial charge in [-0.3, -0.25) is 4.98 Å². The quantitative estimate of drug-likeness (QED) is 0.359. The molecule has 3 heterocycles. The third-order valence-corrected chi connectivity index (χ3v) is 6.43. The highest BCUT2D eigenvalue weighted by atomic mass is 19.3. The maximum atomic E-state index is 13.8. The number of aromatic carboxylic acids is 1. The first-order valence-electron chi connectivity index (χ1n) is 13.9. The first-order chi connectivity index (χ1) is 18.6. The van der Waals surface area contributed by atoms with Gasteiger partial charge in [-0.2, -0.15) is 0 Å². The van der Waals surface area contributed by atoms with Crippen LogP contribution in [0.25, 0.3) is 33.3 Å². The molecular weight excluding hydrogens is 440 g/mol. The van der Waals surface area contributed by atoms with Crippen LogP contribution in [0.3, 0.4) is 0 Å². The number of alkyl halides is 2. The number of hydrogen-bond donors (Lipinski definition) is 1. The number of carboxylic acids is 1. The smallest absolute Gasteiger partial charge is 0.335 e. The largest absolute Gasteiger partial charge is 0.478 e. The number of pyridine rings is 1. The number of carboxylic acid groups (broad SMARTS) is 1. The topological polar surface area (TPSA) is 81.2 Å². The molecule has 0 saturated heterocycles. The zero-order valence-electron chi connectivity index (χ0n) is 24.0. The van der Waals surface area contributed by atoms with Gasteiger partial charge in [0.15, 0.2) is 0 Å². The minimum atomic E-state index is -2.78. The van der Waals surface area contributed by atoms with Gasteiger partial charge in [0.25, 0.3) is 0 Å². The first kappa shape index (κ1) is 16.1. The number of nitrogens with zero attached hydrogens (tertiary/aromatic N) is 3. The predicted octanol–water partition coefficient (Wildman–Crippen LogP) is 6.50. The zero-order chi connectivity index (χ0) is 29.0. The second-order valence-corrected chi connectivity index (χ2v) is 8.70. The number of fused-ring (bicyclic) bond motifs is 1. The van der Waals surface area contributed by atoms with Crippen LogP contribution in [-0.2, 0) is 6.54 Å². The maximum absolute atomic E-state index is 13.8. The molecule has 8 heteroatoms. The number of aromatic nitrogens is 3. The van der Waals surface area contributed by atoms with Gasteiger partial charge in [-0.05, 0) is 56.2 Å². The van der Waals surface area contributed by atoms with Crippen molar-refractivity contribution in [3.63, 3.8) is 0 Å². The van der Waals surface area contributed by atoms with Crippen LogP contribution in [0.4, 0.5) is 8.78 Å². The Morgan fingerprint density at radius 2 is 2.00 bits per heavy atom. The normalized spacial score (nSPS) is 19.6. The van der Waals surface area contributed by atoms with Crippen molar-refractivity contribution >= 4 is 17.0 Å². The molecule has 176 valence electrons. The number of rotatable bonds is 5. The molecule has 6 nitrogen and oxygen atoms in total. The van der Waals surface area contributed by atoms with Crippen LogP contribution in [-0.4, -0.2) is 31.7 Å². The Balaban J connectivity index is 1.66. The number of benzene rings is 1. The van der Waals surface area contributed by atoms with Crippen LogP contribution in [0.2, 0.25) is 0 Å². The van der Waals surface area contributed by atoms with E-state index in [0.717, 1.165) is 0 Å². The fourth-order valence-electron chi connectivity index (χ4n) is 4.58. The van der Waals surface area contributed by atoms with Gasteiger partial charge in [-0.1, -0.05) is 17.3 Å². The van der Waals surface area contributed by atoms with E-state index >= 15 is 0 Å². The lowest BCUT2D eigenvalue weighted by Crippen LogP contribution is -2.26. The van der Waals surface area contributed by atoms with E-state index in [1.54, 1.807) is 24.4 Å². The number of hydrogen-bond acceptors (Lipinski definition) is 4. The van der Waals surface area contributed by atoms with Crippen molar-refractivity contribution in [2.24, 2.45) is 5.92 Å². The summed E-state index contributed by atoms with van der Waals surface area (Å²) in [6, 6.07) is 7.80. The third kappa shape index (κ3) is 4.08. The highest BCUT2D eigenvalue weighted by Crippen LogP contribution is 2.39. The van der Waals surface area contributed by atoms with E-state index in [1.807, 2.05) is 4.57 Å². The molecule has 0 unspecified atom stereocenters. The summed E-state index contributed by atoms with van der Waals surface area (Å²) in [5, 5.41) is 12.8. The number of carbonyl (C=O) groups is 1. The lowest BCUT2D eigenvalue weighted by molar-refractivity contribution is -0.0472. The molecule has 0 radical (unpaired) electrons. The van der Waals surface area contributed by atoms with E-state index in [4.69, 9.17) is 12.7 Å². The van der Waals surface area contributed by atoms with Crippen LogP contribution < -0.4 is 0 Å². The fraction of sp³-hybridized carbons (Fsp3) is 0.346. The highest BCUT2D eigenvalue weighted by Gasteiger charge is 2.35. The van der Waals surface area contributed by atoms with Crippen molar-refractivity contribution in [1.82, 2.24) is 14.7 Å². The van der Waals surface area contributed by atoms with E-state index in [9.17, 15) is 18.7 Å². The Morgan fingerprint density at radius 3 is 2.68 bits per heavy atom. The van der Waals surface area contributed by atoms with Crippen molar-refractivity contribution in [2.45, 2.75) is 51.9 Å². The summed E-state index contributed by atoms with van der Waals surface area (Å²) >= 11 is 0. The summed E-state index contributed by atoms with van der Waals surface area (Å²) < 4.78 is 81.5. The molecule has 0 atom stereocenters. The second-order valence-electron chi connectivity index (χ2n) is 8.70. The summed E-state index contributed by atoms with van der Waals surface area (Å²) in [4.78, 5) is 15.9. The van der Waals surface area contributed by atoms with Crippen LogP contribution in [0.5, 0.6) is 0 Å². The summed E-state index contributed by atoms with van der Waals surface area (Å²) in [6.07, 6.45) is 3.36. The molecule has 3 aromatic heterocycles. The Hall–Kier alpha value is -3.55. The minimum Gasteiger partial charge on any atom is -0.478 e. The van der Waals surface area contributed by atoms with Gasteiger partial charge in [0.1, 0.15) is 5.76 Å². The van der Waals surface area contributed by atoms with Gasteiger partial charge < -0.3 is 14.2 Å². The Morgan fingerprint density at radius 1 is 1.24 bits per heavy atom. The first-order valence-corrected chi connectivity index (χ1v) is 10.9. The van der Waals surface area contributed by atoms with Crippen LogP contribution >= 0.6 is 0 Å². The average molecular weight is 472 g/mol. The van der Waals surface area contributed by atoms with Gasteiger partial charge in [0.05, 0.1) is 22.3 Å². The molecule has 1 aliphatic carbocycles. The van der Waals surface area contributed by atoms with Crippen LogP contribution in [0, 0.1) is 19.6 Å². The van der Waals surface area contributed by atoms with E-state index < -0.39 is 37.0 Å². The Kier molecular flexibility index (Phi) is 3.96. The molecule has 0 amide bonds. The molecule has 1 saturated carbocycles. The molecule has 1 aliphatic rings. The van der Waals surface area contributed by atoms with E-state index in [2.05, 4.69) is 10.1 Å². The summed E-state index contributed by atoms with van der Waals surface area (Å²) in [6.45, 7) is -5.16.